The molecule has 68 valence electrons. The fraction of sp³-hybridized carbons (Fsp3) is 0.200. The van der Waals surface area contributed by atoms with Crippen LogP contribution in [0.25, 0.3) is 10.1 Å². The molecule has 0 saturated heterocycles. The van der Waals surface area contributed by atoms with Crippen LogP contribution in [0.3, 0.4) is 0 Å². The van der Waals surface area contributed by atoms with E-state index in [1.165, 1.54) is 20.5 Å². The molecular weight excluding hydrogens is 220 g/mol. The Kier molecular flexibility index (Phi) is 2.54. The van der Waals surface area contributed by atoms with Crippen molar-refractivity contribution in [3.63, 3.8) is 0 Å². The summed E-state index contributed by atoms with van der Waals surface area (Å²) in [6.07, 6.45) is 2.09. The molecule has 3 heteroatoms. The number of fused-ring (bicyclic) bond motifs is 1. The molecule has 0 nitrogen and oxygen atoms in total. The van der Waals surface area contributed by atoms with Crippen LogP contribution in [-0.2, 0) is 0 Å². The fourth-order valence-corrected chi connectivity index (χ4v) is 3.25. The lowest BCUT2D eigenvalue weighted by Crippen LogP contribution is -1.74. The predicted octanol–water partition coefficient (Wildman–Crippen LogP) is 4.59. The minimum atomic E-state index is 0.875. The maximum absolute atomic E-state index is 5.99. The van der Waals surface area contributed by atoms with Crippen molar-refractivity contribution in [2.45, 2.75) is 11.8 Å². The minimum Gasteiger partial charge on any atom is -0.129 e. The van der Waals surface area contributed by atoms with Crippen LogP contribution in [0.5, 0.6) is 0 Å². The first-order valence-corrected chi connectivity index (χ1v) is 6.37. The Hall–Kier alpha value is -0.180. The topological polar surface area (TPSA) is 0 Å². The van der Waals surface area contributed by atoms with Crippen molar-refractivity contribution < 1.29 is 0 Å². The molecule has 0 fully saturated rings. The van der Waals surface area contributed by atoms with Gasteiger partial charge in [0.1, 0.15) is 0 Å². The highest BCUT2D eigenvalue weighted by atomic mass is 35.5. The third-order valence-corrected chi connectivity index (χ3v) is 4.23. The zero-order chi connectivity index (χ0) is 9.42. The second kappa shape index (κ2) is 3.52. The molecule has 1 aromatic carbocycles. The van der Waals surface area contributed by atoms with Crippen LogP contribution >= 0.6 is 34.7 Å². The van der Waals surface area contributed by atoms with Gasteiger partial charge < -0.3 is 0 Å². The highest BCUT2D eigenvalue weighted by Crippen LogP contribution is 2.36. The van der Waals surface area contributed by atoms with Crippen LogP contribution in [0.15, 0.2) is 23.1 Å². The van der Waals surface area contributed by atoms with Crippen LogP contribution in [0.4, 0.5) is 0 Å². The molecule has 13 heavy (non-hydrogen) atoms. The normalized spacial score (nSPS) is 11.0. The number of aryl methyl sites for hydroxylation is 1. The summed E-state index contributed by atoms with van der Waals surface area (Å²) >= 11 is 9.42. The van der Waals surface area contributed by atoms with Crippen LogP contribution in [0, 0.1) is 6.92 Å². The van der Waals surface area contributed by atoms with Gasteiger partial charge in [-0.1, -0.05) is 17.7 Å². The number of halogens is 1. The van der Waals surface area contributed by atoms with Gasteiger partial charge in [-0.3, -0.25) is 0 Å². The average molecular weight is 229 g/mol. The zero-order valence-electron chi connectivity index (χ0n) is 7.43. The first kappa shape index (κ1) is 9.38. The lowest BCUT2D eigenvalue weighted by Gasteiger charge is -2.00. The molecule has 0 aliphatic rings. The maximum atomic E-state index is 5.99. The van der Waals surface area contributed by atoms with Crippen LogP contribution in [0.1, 0.15) is 5.56 Å². The van der Waals surface area contributed by atoms with E-state index < -0.39 is 0 Å². The Labute approximate surface area is 90.9 Å². The summed E-state index contributed by atoms with van der Waals surface area (Å²) in [7, 11) is 0. The Balaban J connectivity index is 2.83. The van der Waals surface area contributed by atoms with Crippen LogP contribution in [0.2, 0.25) is 4.34 Å². The number of thiophene rings is 1. The van der Waals surface area contributed by atoms with E-state index in [0.29, 0.717) is 0 Å². The van der Waals surface area contributed by atoms with Gasteiger partial charge in [0.05, 0.1) is 4.34 Å². The number of rotatable bonds is 1. The summed E-state index contributed by atoms with van der Waals surface area (Å²) in [4.78, 5) is 1.31. The van der Waals surface area contributed by atoms with E-state index in [1.807, 2.05) is 0 Å². The van der Waals surface area contributed by atoms with Crippen molar-refractivity contribution >= 4 is 44.8 Å². The first-order chi connectivity index (χ1) is 6.22. The molecule has 0 bridgehead atoms. The zero-order valence-corrected chi connectivity index (χ0v) is 9.82. The quantitative estimate of drug-likeness (QED) is 0.644. The summed E-state index contributed by atoms with van der Waals surface area (Å²) < 4.78 is 2.19. The largest absolute Gasteiger partial charge is 0.129 e. The average Bonchev–Trinajstić information content (AvgIpc) is 2.48. The van der Waals surface area contributed by atoms with Crippen LogP contribution in [-0.4, -0.2) is 6.26 Å². The maximum Gasteiger partial charge on any atom is 0.0941 e. The van der Waals surface area contributed by atoms with Gasteiger partial charge in [0.2, 0.25) is 0 Å². The highest BCUT2D eigenvalue weighted by molar-refractivity contribution is 7.98. The van der Waals surface area contributed by atoms with Gasteiger partial charge in [-0.15, -0.1) is 23.1 Å². The second-order valence-electron chi connectivity index (χ2n) is 2.88. The molecule has 0 amide bonds. The van der Waals surface area contributed by atoms with Crippen LogP contribution < -0.4 is 0 Å². The smallest absolute Gasteiger partial charge is 0.0941 e. The summed E-state index contributed by atoms with van der Waals surface area (Å²) in [6, 6.07) is 6.37. The van der Waals surface area contributed by atoms with E-state index in [1.54, 1.807) is 23.1 Å². The SMILES string of the molecule is CSc1ccc(C)c2sc(Cl)cc12. The fourth-order valence-electron chi connectivity index (χ4n) is 1.38. The van der Waals surface area contributed by atoms with Gasteiger partial charge in [-0.25, -0.2) is 0 Å². The summed E-state index contributed by atoms with van der Waals surface area (Å²) in [5, 5.41) is 1.29. The summed E-state index contributed by atoms with van der Waals surface area (Å²) in [6.45, 7) is 2.12. The van der Waals surface area contributed by atoms with Crippen molar-refractivity contribution in [3.8, 4) is 0 Å². The van der Waals surface area contributed by atoms with Gasteiger partial charge in [0.25, 0.3) is 0 Å². The predicted molar refractivity (Wildman–Crippen MR) is 63.4 cm³/mol. The molecule has 1 heterocycles. The monoisotopic (exact) mass is 228 g/mol. The Bertz CT molecular complexity index is 445. The molecule has 1 aromatic heterocycles. The van der Waals surface area contributed by atoms with Gasteiger partial charge >= 0.3 is 0 Å². The third-order valence-electron chi connectivity index (χ3n) is 2.03. The number of hydrogen-bond acceptors (Lipinski definition) is 2. The molecule has 0 saturated carbocycles. The van der Waals surface area contributed by atoms with E-state index in [-0.39, 0.29) is 0 Å². The molecule has 0 N–H and O–H groups in total. The highest BCUT2D eigenvalue weighted by Gasteiger charge is 2.06. The van der Waals surface area contributed by atoms with E-state index >= 15 is 0 Å². The lowest BCUT2D eigenvalue weighted by atomic mass is 10.2. The van der Waals surface area contributed by atoms with Gasteiger partial charge in [0, 0.05) is 15.0 Å². The Morgan fingerprint density at radius 3 is 2.85 bits per heavy atom. The standard InChI is InChI=1S/C10H9ClS2/c1-6-3-4-8(12-2)7-5-9(11)13-10(6)7/h3-5H,1-2H3. The van der Waals surface area contributed by atoms with Gasteiger partial charge in [-0.05, 0) is 30.9 Å². The van der Waals surface area contributed by atoms with Crippen molar-refractivity contribution in [1.29, 1.82) is 0 Å². The van der Waals surface area contributed by atoms with E-state index in [9.17, 15) is 0 Å². The number of thioether (sulfide) groups is 1. The molecule has 2 rings (SSSR count). The summed E-state index contributed by atoms with van der Waals surface area (Å²) in [5.74, 6) is 0. The molecule has 0 radical (unpaired) electrons. The summed E-state index contributed by atoms with van der Waals surface area (Å²) in [5.41, 5.74) is 1.31. The Morgan fingerprint density at radius 2 is 2.15 bits per heavy atom. The molecule has 0 spiro atoms. The van der Waals surface area contributed by atoms with Crippen molar-refractivity contribution in [3.05, 3.63) is 28.1 Å². The lowest BCUT2D eigenvalue weighted by molar-refractivity contribution is 1.48. The van der Waals surface area contributed by atoms with E-state index in [2.05, 4.69) is 31.4 Å². The Morgan fingerprint density at radius 1 is 1.38 bits per heavy atom. The molecule has 0 atom stereocenters. The third kappa shape index (κ3) is 1.58. The van der Waals surface area contributed by atoms with E-state index in [4.69, 9.17) is 11.6 Å². The number of benzene rings is 1. The van der Waals surface area contributed by atoms with Crippen molar-refractivity contribution in [1.82, 2.24) is 0 Å². The van der Waals surface area contributed by atoms with Crippen molar-refractivity contribution in [2.75, 3.05) is 6.26 Å². The van der Waals surface area contributed by atoms with Gasteiger partial charge in [-0.2, -0.15) is 0 Å². The molecular formula is C10H9ClS2. The first-order valence-electron chi connectivity index (χ1n) is 3.95. The van der Waals surface area contributed by atoms with E-state index in [0.717, 1.165) is 4.34 Å². The molecule has 0 unspecified atom stereocenters. The van der Waals surface area contributed by atoms with Gasteiger partial charge in [0.15, 0.2) is 0 Å². The van der Waals surface area contributed by atoms with Crippen molar-refractivity contribution in [2.24, 2.45) is 0 Å². The minimum absolute atomic E-state index is 0.875. The second-order valence-corrected chi connectivity index (χ2v) is 5.41. The number of hydrogen-bond donors (Lipinski definition) is 0. The molecule has 0 aliphatic carbocycles. The molecule has 2 aromatic rings. The molecule has 0 aliphatic heterocycles.